The molecule has 1 aliphatic heterocycles. The highest BCUT2D eigenvalue weighted by molar-refractivity contribution is 6.31. The van der Waals surface area contributed by atoms with E-state index in [9.17, 15) is 14.7 Å². The number of carboxylic acid groups (broad SMARTS) is 1. The fraction of sp³-hybridized carbons (Fsp3) is 0.500. The van der Waals surface area contributed by atoms with E-state index in [-0.39, 0.29) is 11.8 Å². The van der Waals surface area contributed by atoms with E-state index in [2.05, 4.69) is 0 Å². The second-order valence-electron chi connectivity index (χ2n) is 6.15. The zero-order chi connectivity index (χ0) is 15.2. The highest BCUT2D eigenvalue weighted by Gasteiger charge is 2.55. The number of carbonyl (C=O) groups excluding carboxylic acids is 1. The second-order valence-corrected chi connectivity index (χ2v) is 6.56. The Morgan fingerprint density at radius 1 is 1.43 bits per heavy atom. The number of nitrogens with zero attached hydrogens (tertiary/aromatic N) is 1. The van der Waals surface area contributed by atoms with E-state index in [1.54, 1.807) is 23.1 Å². The number of benzene rings is 1. The lowest BCUT2D eigenvalue weighted by molar-refractivity contribution is -0.149. The summed E-state index contributed by atoms with van der Waals surface area (Å²) in [7, 11) is 0. The summed E-state index contributed by atoms with van der Waals surface area (Å²) in [4.78, 5) is 26.1. The molecule has 1 aliphatic carbocycles. The van der Waals surface area contributed by atoms with Gasteiger partial charge < -0.3 is 10.0 Å². The maximum Gasteiger partial charge on any atom is 0.311 e. The van der Waals surface area contributed by atoms with Gasteiger partial charge in [0.25, 0.3) is 5.91 Å². The largest absolute Gasteiger partial charge is 0.481 e. The summed E-state index contributed by atoms with van der Waals surface area (Å²) >= 11 is 6.07. The number of carbonyl (C=O) groups is 2. The van der Waals surface area contributed by atoms with Gasteiger partial charge in [0.05, 0.1) is 5.41 Å². The maximum atomic E-state index is 12.7. The van der Waals surface area contributed by atoms with Crippen LogP contribution >= 0.6 is 11.6 Å². The Balaban J connectivity index is 1.88. The third-order valence-electron chi connectivity index (χ3n) is 5.08. The first kappa shape index (κ1) is 14.4. The van der Waals surface area contributed by atoms with Gasteiger partial charge in [-0.05, 0) is 43.4 Å². The normalized spacial score (nSPS) is 27.7. The van der Waals surface area contributed by atoms with Gasteiger partial charge in [0.2, 0.25) is 0 Å². The van der Waals surface area contributed by atoms with Crippen molar-refractivity contribution in [1.29, 1.82) is 0 Å². The second kappa shape index (κ2) is 5.02. The molecule has 0 radical (unpaired) electrons. The van der Waals surface area contributed by atoms with Gasteiger partial charge in [0.15, 0.2) is 0 Å². The molecule has 1 amide bonds. The number of halogens is 1. The van der Waals surface area contributed by atoms with Gasteiger partial charge in [0.1, 0.15) is 0 Å². The Labute approximate surface area is 128 Å². The number of amides is 1. The minimum absolute atomic E-state index is 0.0819. The summed E-state index contributed by atoms with van der Waals surface area (Å²) < 4.78 is 0. The first-order chi connectivity index (χ1) is 9.95. The van der Waals surface area contributed by atoms with Crippen LogP contribution in [0.15, 0.2) is 18.2 Å². The Morgan fingerprint density at radius 2 is 2.19 bits per heavy atom. The Morgan fingerprint density at radius 3 is 2.86 bits per heavy atom. The van der Waals surface area contributed by atoms with E-state index < -0.39 is 11.4 Å². The molecule has 1 N–H and O–H groups in total. The van der Waals surface area contributed by atoms with Crippen LogP contribution in [-0.2, 0) is 4.79 Å². The Kier molecular flexibility index (Phi) is 3.44. The lowest BCUT2D eigenvalue weighted by Crippen LogP contribution is -2.37. The van der Waals surface area contributed by atoms with E-state index >= 15 is 0 Å². The standard InChI is InChI=1S/C16H18ClNO3/c1-10-12(5-2-6-13(10)17)14(19)18-8-11-4-3-7-16(11,9-18)15(20)21/h2,5-6,11H,3-4,7-9H2,1H3,(H,20,21)/t11-,16+/m0/s1. The first-order valence-corrected chi connectivity index (χ1v) is 7.61. The van der Waals surface area contributed by atoms with Crippen LogP contribution < -0.4 is 0 Å². The molecule has 1 saturated heterocycles. The molecule has 21 heavy (non-hydrogen) atoms. The van der Waals surface area contributed by atoms with Crippen LogP contribution in [0.4, 0.5) is 0 Å². The number of rotatable bonds is 2. The van der Waals surface area contributed by atoms with Crippen molar-refractivity contribution in [2.24, 2.45) is 11.3 Å². The quantitative estimate of drug-likeness (QED) is 0.914. The first-order valence-electron chi connectivity index (χ1n) is 7.23. The molecule has 0 aromatic heterocycles. The number of carboxylic acids is 1. The molecule has 0 unspecified atom stereocenters. The van der Waals surface area contributed by atoms with Gasteiger partial charge in [-0.1, -0.05) is 24.1 Å². The lowest BCUT2D eigenvalue weighted by atomic mass is 9.81. The molecule has 1 aromatic rings. The number of hydrogen-bond donors (Lipinski definition) is 1. The predicted molar refractivity (Wildman–Crippen MR) is 79.5 cm³/mol. The van der Waals surface area contributed by atoms with Crippen molar-refractivity contribution < 1.29 is 14.7 Å². The zero-order valence-electron chi connectivity index (χ0n) is 11.9. The van der Waals surface area contributed by atoms with Gasteiger partial charge in [0, 0.05) is 23.7 Å². The van der Waals surface area contributed by atoms with E-state index in [0.717, 1.165) is 18.4 Å². The van der Waals surface area contributed by atoms with Crippen molar-refractivity contribution in [3.63, 3.8) is 0 Å². The summed E-state index contributed by atoms with van der Waals surface area (Å²) in [5.74, 6) is -0.786. The van der Waals surface area contributed by atoms with E-state index in [0.29, 0.717) is 30.1 Å². The average Bonchev–Trinajstić information content (AvgIpc) is 2.98. The predicted octanol–water partition coefficient (Wildman–Crippen LogP) is 2.98. The SMILES string of the molecule is Cc1c(Cl)cccc1C(=O)N1C[C@@H]2CCC[C@@]2(C(=O)O)C1. The zero-order valence-corrected chi connectivity index (χ0v) is 12.7. The van der Waals surface area contributed by atoms with E-state index in [1.165, 1.54) is 0 Å². The van der Waals surface area contributed by atoms with Gasteiger partial charge in [-0.3, -0.25) is 9.59 Å². The molecule has 2 fully saturated rings. The van der Waals surface area contributed by atoms with Gasteiger partial charge in [-0.25, -0.2) is 0 Å². The molecule has 5 heteroatoms. The highest BCUT2D eigenvalue weighted by atomic mass is 35.5. The smallest absolute Gasteiger partial charge is 0.311 e. The van der Waals surface area contributed by atoms with Crippen molar-refractivity contribution in [3.8, 4) is 0 Å². The summed E-state index contributed by atoms with van der Waals surface area (Å²) in [6.07, 6.45) is 2.51. The molecule has 1 heterocycles. The van der Waals surface area contributed by atoms with Crippen LogP contribution in [0.25, 0.3) is 0 Å². The van der Waals surface area contributed by atoms with Crippen molar-refractivity contribution in [2.75, 3.05) is 13.1 Å². The van der Waals surface area contributed by atoms with Gasteiger partial charge in [-0.2, -0.15) is 0 Å². The summed E-state index contributed by atoms with van der Waals surface area (Å²) in [6, 6.07) is 5.27. The molecule has 3 rings (SSSR count). The molecule has 1 saturated carbocycles. The molecule has 2 aliphatic rings. The van der Waals surface area contributed by atoms with Gasteiger partial charge >= 0.3 is 5.97 Å². The van der Waals surface area contributed by atoms with E-state index in [1.807, 2.05) is 6.92 Å². The number of fused-ring (bicyclic) bond motifs is 1. The molecule has 2 atom stereocenters. The minimum atomic E-state index is -0.761. The number of likely N-dealkylation sites (tertiary alicyclic amines) is 1. The maximum absolute atomic E-state index is 12.7. The van der Waals surface area contributed by atoms with Crippen LogP contribution in [0.5, 0.6) is 0 Å². The number of aliphatic carboxylic acids is 1. The minimum Gasteiger partial charge on any atom is -0.481 e. The lowest BCUT2D eigenvalue weighted by Gasteiger charge is -2.23. The average molecular weight is 308 g/mol. The monoisotopic (exact) mass is 307 g/mol. The molecule has 4 nitrogen and oxygen atoms in total. The van der Waals surface area contributed by atoms with Crippen LogP contribution in [0.3, 0.4) is 0 Å². The van der Waals surface area contributed by atoms with Gasteiger partial charge in [-0.15, -0.1) is 0 Å². The van der Waals surface area contributed by atoms with Crippen molar-refractivity contribution in [1.82, 2.24) is 4.90 Å². The number of hydrogen-bond acceptors (Lipinski definition) is 2. The topological polar surface area (TPSA) is 57.6 Å². The molecule has 1 aromatic carbocycles. The van der Waals surface area contributed by atoms with Crippen molar-refractivity contribution >= 4 is 23.5 Å². The summed E-state index contributed by atoms with van der Waals surface area (Å²) in [5, 5.41) is 10.1. The third-order valence-corrected chi connectivity index (χ3v) is 5.49. The van der Waals surface area contributed by atoms with E-state index in [4.69, 9.17) is 11.6 Å². The fourth-order valence-electron chi connectivity index (χ4n) is 3.80. The molecule has 0 bridgehead atoms. The van der Waals surface area contributed by atoms with Crippen LogP contribution in [0.1, 0.15) is 35.2 Å². The Hall–Kier alpha value is -1.55. The molecular formula is C16H18ClNO3. The molecule has 112 valence electrons. The Bertz CT molecular complexity index is 616. The summed E-state index contributed by atoms with van der Waals surface area (Å²) in [5.41, 5.74) is 0.593. The third kappa shape index (κ3) is 2.13. The summed E-state index contributed by atoms with van der Waals surface area (Å²) in [6.45, 7) is 2.67. The fourth-order valence-corrected chi connectivity index (χ4v) is 3.98. The molecule has 0 spiro atoms. The molecular weight excluding hydrogens is 290 g/mol. The van der Waals surface area contributed by atoms with Crippen molar-refractivity contribution in [2.45, 2.75) is 26.2 Å². The highest BCUT2D eigenvalue weighted by Crippen LogP contribution is 2.49. The van der Waals surface area contributed by atoms with Crippen LogP contribution in [-0.4, -0.2) is 35.0 Å². The van der Waals surface area contributed by atoms with Crippen LogP contribution in [0.2, 0.25) is 5.02 Å². The van der Waals surface area contributed by atoms with Crippen molar-refractivity contribution in [3.05, 3.63) is 34.3 Å². The van der Waals surface area contributed by atoms with Crippen LogP contribution in [0, 0.1) is 18.3 Å².